The SMILES string of the molecule is COc1cc(-c2nc(C(=O)O)cs2)ccc1OCc1ccc(F)cc1. The molecule has 25 heavy (non-hydrogen) atoms. The summed E-state index contributed by atoms with van der Waals surface area (Å²) in [6, 6.07) is 11.3. The molecule has 0 spiro atoms. The molecule has 0 aliphatic rings. The number of aromatic carboxylic acids is 1. The summed E-state index contributed by atoms with van der Waals surface area (Å²) >= 11 is 1.24. The number of carboxylic acid groups (broad SMARTS) is 1. The van der Waals surface area contributed by atoms with Crippen LogP contribution in [0.3, 0.4) is 0 Å². The number of halogens is 1. The highest BCUT2D eigenvalue weighted by Crippen LogP contribution is 2.34. The van der Waals surface area contributed by atoms with Crippen molar-refractivity contribution in [2.45, 2.75) is 6.61 Å². The fourth-order valence-corrected chi connectivity index (χ4v) is 2.96. The number of carbonyl (C=O) groups is 1. The second-order valence-electron chi connectivity index (χ2n) is 5.12. The number of aromatic nitrogens is 1. The van der Waals surface area contributed by atoms with Crippen LogP contribution in [0.1, 0.15) is 16.1 Å². The van der Waals surface area contributed by atoms with Crippen LogP contribution < -0.4 is 9.47 Å². The van der Waals surface area contributed by atoms with Crippen molar-refractivity contribution in [1.82, 2.24) is 4.98 Å². The molecule has 0 aliphatic carbocycles. The van der Waals surface area contributed by atoms with Gasteiger partial charge in [-0.2, -0.15) is 0 Å². The molecule has 128 valence electrons. The third-order valence-corrected chi connectivity index (χ3v) is 4.33. The molecule has 0 fully saturated rings. The minimum Gasteiger partial charge on any atom is -0.493 e. The minimum atomic E-state index is -1.06. The van der Waals surface area contributed by atoms with Gasteiger partial charge in [-0.15, -0.1) is 11.3 Å². The van der Waals surface area contributed by atoms with E-state index in [0.717, 1.165) is 11.1 Å². The fourth-order valence-electron chi connectivity index (χ4n) is 2.17. The van der Waals surface area contributed by atoms with E-state index in [-0.39, 0.29) is 18.1 Å². The van der Waals surface area contributed by atoms with Crippen molar-refractivity contribution in [3.05, 3.63) is 64.9 Å². The van der Waals surface area contributed by atoms with Gasteiger partial charge in [-0.1, -0.05) is 12.1 Å². The summed E-state index contributed by atoms with van der Waals surface area (Å²) in [6.07, 6.45) is 0. The van der Waals surface area contributed by atoms with Gasteiger partial charge < -0.3 is 14.6 Å². The van der Waals surface area contributed by atoms with E-state index < -0.39 is 5.97 Å². The van der Waals surface area contributed by atoms with Gasteiger partial charge in [0, 0.05) is 10.9 Å². The van der Waals surface area contributed by atoms with E-state index >= 15 is 0 Å². The van der Waals surface area contributed by atoms with Gasteiger partial charge in [0.15, 0.2) is 17.2 Å². The number of nitrogens with zero attached hydrogens (tertiary/aromatic N) is 1. The van der Waals surface area contributed by atoms with Crippen LogP contribution in [0.25, 0.3) is 10.6 Å². The molecule has 0 radical (unpaired) electrons. The number of benzene rings is 2. The summed E-state index contributed by atoms with van der Waals surface area (Å²) in [6.45, 7) is 0.274. The van der Waals surface area contributed by atoms with E-state index in [9.17, 15) is 9.18 Å². The predicted molar refractivity (Wildman–Crippen MR) is 91.8 cm³/mol. The Bertz CT molecular complexity index is 892. The number of ether oxygens (including phenoxy) is 2. The Morgan fingerprint density at radius 1 is 1.20 bits per heavy atom. The van der Waals surface area contributed by atoms with Crippen molar-refractivity contribution >= 4 is 17.3 Å². The molecule has 1 N–H and O–H groups in total. The number of hydrogen-bond donors (Lipinski definition) is 1. The quantitative estimate of drug-likeness (QED) is 0.713. The Morgan fingerprint density at radius 3 is 2.60 bits per heavy atom. The highest BCUT2D eigenvalue weighted by Gasteiger charge is 2.13. The molecule has 0 unspecified atom stereocenters. The Morgan fingerprint density at radius 2 is 1.96 bits per heavy atom. The van der Waals surface area contributed by atoms with Crippen LogP contribution in [-0.2, 0) is 6.61 Å². The molecule has 0 saturated heterocycles. The lowest BCUT2D eigenvalue weighted by Gasteiger charge is -2.11. The molecule has 7 heteroatoms. The van der Waals surface area contributed by atoms with E-state index in [4.69, 9.17) is 14.6 Å². The van der Waals surface area contributed by atoms with E-state index in [1.54, 1.807) is 30.3 Å². The average Bonchev–Trinajstić information content (AvgIpc) is 3.11. The normalized spacial score (nSPS) is 10.5. The van der Waals surface area contributed by atoms with Gasteiger partial charge in [-0.25, -0.2) is 14.2 Å². The lowest BCUT2D eigenvalue weighted by atomic mass is 10.2. The first-order chi connectivity index (χ1) is 12.1. The van der Waals surface area contributed by atoms with Crippen LogP contribution in [0.4, 0.5) is 4.39 Å². The van der Waals surface area contributed by atoms with Gasteiger partial charge in [0.2, 0.25) is 0 Å². The van der Waals surface area contributed by atoms with Gasteiger partial charge in [-0.05, 0) is 35.9 Å². The summed E-state index contributed by atoms with van der Waals surface area (Å²) < 4.78 is 24.0. The third-order valence-electron chi connectivity index (χ3n) is 3.44. The molecule has 3 aromatic rings. The standard InChI is InChI=1S/C18H14FNO4S/c1-23-16-8-12(17-20-14(10-25-17)18(21)22)4-7-15(16)24-9-11-2-5-13(19)6-3-11/h2-8,10H,9H2,1H3,(H,21,22). The van der Waals surface area contributed by atoms with Crippen LogP contribution >= 0.6 is 11.3 Å². The molecule has 0 bridgehead atoms. The van der Waals surface area contributed by atoms with Gasteiger partial charge in [-0.3, -0.25) is 0 Å². The summed E-state index contributed by atoms with van der Waals surface area (Å²) in [4.78, 5) is 15.0. The monoisotopic (exact) mass is 359 g/mol. The second kappa shape index (κ2) is 7.31. The molecule has 0 aliphatic heterocycles. The van der Waals surface area contributed by atoms with Crippen molar-refractivity contribution < 1.29 is 23.8 Å². The van der Waals surface area contributed by atoms with Gasteiger partial charge in [0.05, 0.1) is 7.11 Å². The first-order valence-corrected chi connectivity index (χ1v) is 8.19. The molecular formula is C18H14FNO4S. The summed E-state index contributed by atoms with van der Waals surface area (Å²) in [5.74, 6) is -0.319. The average molecular weight is 359 g/mol. The van der Waals surface area contributed by atoms with Crippen molar-refractivity contribution in [1.29, 1.82) is 0 Å². The maximum absolute atomic E-state index is 12.9. The van der Waals surface area contributed by atoms with Crippen LogP contribution in [0.2, 0.25) is 0 Å². The first-order valence-electron chi connectivity index (χ1n) is 7.31. The molecule has 5 nitrogen and oxygen atoms in total. The number of methoxy groups -OCH3 is 1. The Labute approximate surface area is 147 Å². The van der Waals surface area contributed by atoms with Crippen LogP contribution in [0.5, 0.6) is 11.5 Å². The Balaban J connectivity index is 1.79. The summed E-state index contributed by atoms with van der Waals surface area (Å²) in [5.41, 5.74) is 1.58. The molecular weight excluding hydrogens is 345 g/mol. The maximum Gasteiger partial charge on any atom is 0.355 e. The van der Waals surface area contributed by atoms with Crippen LogP contribution in [-0.4, -0.2) is 23.2 Å². The van der Waals surface area contributed by atoms with Crippen molar-refractivity contribution in [3.8, 4) is 22.1 Å². The van der Waals surface area contributed by atoms with Crippen molar-refractivity contribution in [2.24, 2.45) is 0 Å². The van der Waals surface area contributed by atoms with E-state index in [1.165, 1.54) is 36.0 Å². The van der Waals surface area contributed by atoms with Crippen molar-refractivity contribution in [2.75, 3.05) is 7.11 Å². The lowest BCUT2D eigenvalue weighted by molar-refractivity contribution is 0.0691. The Hall–Kier alpha value is -2.93. The van der Waals surface area contributed by atoms with Gasteiger partial charge >= 0.3 is 5.97 Å². The second-order valence-corrected chi connectivity index (χ2v) is 5.98. The van der Waals surface area contributed by atoms with E-state index in [1.807, 2.05) is 0 Å². The number of rotatable bonds is 6. The third kappa shape index (κ3) is 3.95. The zero-order valence-corrected chi connectivity index (χ0v) is 14.0. The zero-order valence-electron chi connectivity index (χ0n) is 13.2. The zero-order chi connectivity index (χ0) is 17.8. The molecule has 0 amide bonds. The Kier molecular flexibility index (Phi) is 4.95. The van der Waals surface area contributed by atoms with Gasteiger partial charge in [0.1, 0.15) is 17.4 Å². The predicted octanol–water partition coefficient (Wildman–Crippen LogP) is 4.24. The summed E-state index contributed by atoms with van der Waals surface area (Å²) in [5, 5.41) is 11.0. The number of carboxylic acids is 1. The van der Waals surface area contributed by atoms with E-state index in [2.05, 4.69) is 4.98 Å². The smallest absolute Gasteiger partial charge is 0.355 e. The number of hydrogen-bond acceptors (Lipinski definition) is 5. The molecule has 1 heterocycles. The van der Waals surface area contributed by atoms with E-state index in [0.29, 0.717) is 16.5 Å². The fraction of sp³-hybridized carbons (Fsp3) is 0.111. The van der Waals surface area contributed by atoms with Gasteiger partial charge in [0.25, 0.3) is 0 Å². The minimum absolute atomic E-state index is 0.00982. The largest absolute Gasteiger partial charge is 0.493 e. The maximum atomic E-state index is 12.9. The van der Waals surface area contributed by atoms with Crippen LogP contribution in [0.15, 0.2) is 47.8 Å². The lowest BCUT2D eigenvalue weighted by Crippen LogP contribution is -1.98. The molecule has 3 rings (SSSR count). The summed E-state index contributed by atoms with van der Waals surface area (Å²) in [7, 11) is 1.52. The molecule has 0 saturated carbocycles. The molecule has 1 aromatic heterocycles. The number of thiazole rings is 1. The molecule has 2 aromatic carbocycles. The molecule has 0 atom stereocenters. The van der Waals surface area contributed by atoms with Crippen LogP contribution in [0, 0.1) is 5.82 Å². The topological polar surface area (TPSA) is 68.7 Å². The highest BCUT2D eigenvalue weighted by atomic mass is 32.1. The highest BCUT2D eigenvalue weighted by molar-refractivity contribution is 7.13. The first kappa shape index (κ1) is 16.9. The van der Waals surface area contributed by atoms with Crippen molar-refractivity contribution in [3.63, 3.8) is 0 Å².